The second-order valence-electron chi connectivity index (χ2n) is 2.89. The molecule has 0 aliphatic rings. The van der Waals surface area contributed by atoms with Gasteiger partial charge in [0.25, 0.3) is 0 Å². The molecule has 0 saturated carbocycles. The summed E-state index contributed by atoms with van der Waals surface area (Å²) in [5.41, 5.74) is 1.95. The maximum Gasteiger partial charge on any atom is 1.00 e. The molecular weight excluding hydrogens is 203 g/mol. The Morgan fingerprint density at radius 3 is 2.80 bits per heavy atom. The number of aliphatic carboxylic acids is 1. The molecule has 0 atom stereocenters. The first-order chi connectivity index (χ1) is 6.75. The van der Waals surface area contributed by atoms with E-state index in [1.54, 1.807) is 30.5 Å². The fraction of sp³-hybridized carbons (Fsp3) is 0.100. The van der Waals surface area contributed by atoms with Gasteiger partial charge in [0.1, 0.15) is 0 Å². The third-order valence-corrected chi connectivity index (χ3v) is 1.84. The van der Waals surface area contributed by atoms with Gasteiger partial charge in [0.05, 0.1) is 11.0 Å². The van der Waals surface area contributed by atoms with Gasteiger partial charge in [-0.3, -0.25) is 9.97 Å². The summed E-state index contributed by atoms with van der Waals surface area (Å²) in [7, 11) is 0. The van der Waals surface area contributed by atoms with Crippen molar-refractivity contribution in [3.8, 4) is 0 Å². The van der Waals surface area contributed by atoms with E-state index in [-0.39, 0.29) is 36.0 Å². The molecule has 0 spiro atoms. The molecule has 0 amide bonds. The Morgan fingerprint density at radius 2 is 2.07 bits per heavy atom. The molecule has 0 aliphatic carbocycles. The van der Waals surface area contributed by atoms with Crippen LogP contribution in [-0.4, -0.2) is 15.9 Å². The first-order valence-electron chi connectivity index (χ1n) is 4.16. The molecule has 0 bridgehead atoms. The van der Waals surface area contributed by atoms with Gasteiger partial charge in [0, 0.05) is 24.3 Å². The van der Waals surface area contributed by atoms with E-state index in [0.717, 1.165) is 5.52 Å². The first kappa shape index (κ1) is 12.1. The van der Waals surface area contributed by atoms with Gasteiger partial charge in [0.15, 0.2) is 0 Å². The van der Waals surface area contributed by atoms with Crippen LogP contribution in [-0.2, 0) is 11.2 Å². The Labute approximate surface area is 109 Å². The number of carboxylic acid groups (broad SMARTS) is 1. The predicted molar refractivity (Wildman–Crippen MR) is 48.2 cm³/mol. The molecule has 0 unspecified atom stereocenters. The van der Waals surface area contributed by atoms with Gasteiger partial charge in [-0.15, -0.1) is 0 Å². The Hall–Kier alpha value is -0.970. The average molecular weight is 210 g/mol. The Morgan fingerprint density at radius 1 is 1.27 bits per heavy atom. The molecule has 0 saturated heterocycles. The molecule has 2 aromatic rings. The molecule has 5 heteroatoms. The fourth-order valence-electron chi connectivity index (χ4n) is 1.25. The SMILES string of the molecule is O=C([O-])Cc1ccc2ncccc2n1.[Na+]. The number of carboxylic acids is 1. The van der Waals surface area contributed by atoms with Gasteiger partial charge in [-0.05, 0) is 24.3 Å². The normalized spacial score (nSPS) is 9.60. The number of pyridine rings is 2. The van der Waals surface area contributed by atoms with Crippen LogP contribution >= 0.6 is 0 Å². The van der Waals surface area contributed by atoms with E-state index in [2.05, 4.69) is 9.97 Å². The number of fused-ring (bicyclic) bond motifs is 1. The molecule has 2 aromatic heterocycles. The van der Waals surface area contributed by atoms with Gasteiger partial charge in [-0.25, -0.2) is 0 Å². The number of aromatic nitrogens is 2. The zero-order chi connectivity index (χ0) is 9.97. The molecule has 70 valence electrons. The fourth-order valence-corrected chi connectivity index (χ4v) is 1.25. The maximum atomic E-state index is 10.3. The summed E-state index contributed by atoms with van der Waals surface area (Å²) in [6.45, 7) is 0. The average Bonchev–Trinajstić information content (AvgIpc) is 2.17. The largest absolute Gasteiger partial charge is 1.00 e. The van der Waals surface area contributed by atoms with Crippen LogP contribution < -0.4 is 34.7 Å². The van der Waals surface area contributed by atoms with Crippen LogP contribution in [0.15, 0.2) is 30.5 Å². The Bertz CT molecular complexity index is 488. The smallest absolute Gasteiger partial charge is 0.550 e. The van der Waals surface area contributed by atoms with Gasteiger partial charge in [-0.2, -0.15) is 0 Å². The van der Waals surface area contributed by atoms with Crippen LogP contribution in [0.4, 0.5) is 0 Å². The molecule has 2 rings (SSSR count). The second kappa shape index (κ2) is 5.21. The van der Waals surface area contributed by atoms with E-state index in [9.17, 15) is 9.90 Å². The van der Waals surface area contributed by atoms with E-state index in [1.807, 2.05) is 0 Å². The van der Waals surface area contributed by atoms with Crippen molar-refractivity contribution < 1.29 is 39.5 Å². The number of nitrogens with zero attached hydrogens (tertiary/aromatic N) is 2. The number of carbonyl (C=O) groups is 1. The van der Waals surface area contributed by atoms with Crippen LogP contribution in [0, 0.1) is 0 Å². The number of hydrogen-bond donors (Lipinski definition) is 0. The van der Waals surface area contributed by atoms with Crippen molar-refractivity contribution >= 4 is 17.0 Å². The van der Waals surface area contributed by atoms with Crippen LogP contribution in [0.1, 0.15) is 5.69 Å². The molecular formula is C10H7N2NaO2. The molecule has 0 radical (unpaired) electrons. The molecule has 15 heavy (non-hydrogen) atoms. The minimum atomic E-state index is -1.12. The van der Waals surface area contributed by atoms with Crippen molar-refractivity contribution in [2.24, 2.45) is 0 Å². The molecule has 0 aromatic carbocycles. The van der Waals surface area contributed by atoms with E-state index < -0.39 is 5.97 Å². The molecule has 0 fully saturated rings. The topological polar surface area (TPSA) is 65.9 Å². The quantitative estimate of drug-likeness (QED) is 0.493. The maximum absolute atomic E-state index is 10.3. The summed E-state index contributed by atoms with van der Waals surface area (Å²) in [6, 6.07) is 6.95. The Balaban J connectivity index is 0.00000112. The minimum Gasteiger partial charge on any atom is -0.550 e. The number of hydrogen-bond acceptors (Lipinski definition) is 4. The summed E-state index contributed by atoms with van der Waals surface area (Å²) in [5, 5.41) is 10.3. The van der Waals surface area contributed by atoms with E-state index >= 15 is 0 Å². The van der Waals surface area contributed by atoms with Crippen molar-refractivity contribution in [2.75, 3.05) is 0 Å². The zero-order valence-electron chi connectivity index (χ0n) is 8.30. The van der Waals surface area contributed by atoms with Crippen molar-refractivity contribution in [2.45, 2.75) is 6.42 Å². The van der Waals surface area contributed by atoms with Crippen molar-refractivity contribution in [3.63, 3.8) is 0 Å². The van der Waals surface area contributed by atoms with Gasteiger partial charge in [-0.1, -0.05) is 0 Å². The van der Waals surface area contributed by atoms with Crippen LogP contribution in [0.2, 0.25) is 0 Å². The summed E-state index contributed by atoms with van der Waals surface area (Å²) in [4.78, 5) is 18.5. The second-order valence-corrected chi connectivity index (χ2v) is 2.89. The molecule has 0 N–H and O–H groups in total. The van der Waals surface area contributed by atoms with Crippen molar-refractivity contribution in [1.29, 1.82) is 0 Å². The summed E-state index contributed by atoms with van der Waals surface area (Å²) in [5.74, 6) is -1.12. The molecule has 0 aliphatic heterocycles. The monoisotopic (exact) mass is 210 g/mol. The van der Waals surface area contributed by atoms with E-state index in [1.165, 1.54) is 0 Å². The van der Waals surface area contributed by atoms with Crippen LogP contribution in [0.3, 0.4) is 0 Å². The number of carbonyl (C=O) groups excluding carboxylic acids is 1. The standard InChI is InChI=1S/C10H8N2O2.Na/c13-10(14)6-7-3-4-8-9(12-7)2-1-5-11-8;/h1-5H,6H2,(H,13,14);/q;+1/p-1. The predicted octanol–water partition coefficient (Wildman–Crippen LogP) is -3.07. The molecule has 2 heterocycles. The van der Waals surface area contributed by atoms with Gasteiger partial charge >= 0.3 is 29.6 Å². The summed E-state index contributed by atoms with van der Waals surface area (Å²) >= 11 is 0. The summed E-state index contributed by atoms with van der Waals surface area (Å²) in [6.07, 6.45) is 1.51. The van der Waals surface area contributed by atoms with Crippen LogP contribution in [0.25, 0.3) is 11.0 Å². The Kier molecular flexibility index (Phi) is 4.20. The van der Waals surface area contributed by atoms with Crippen molar-refractivity contribution in [1.82, 2.24) is 9.97 Å². The third-order valence-electron chi connectivity index (χ3n) is 1.84. The van der Waals surface area contributed by atoms with Gasteiger partial charge < -0.3 is 9.90 Å². The van der Waals surface area contributed by atoms with E-state index in [4.69, 9.17) is 0 Å². The summed E-state index contributed by atoms with van der Waals surface area (Å²) < 4.78 is 0. The minimum absolute atomic E-state index is 0. The van der Waals surface area contributed by atoms with E-state index in [0.29, 0.717) is 11.2 Å². The van der Waals surface area contributed by atoms with Crippen molar-refractivity contribution in [3.05, 3.63) is 36.2 Å². The zero-order valence-corrected chi connectivity index (χ0v) is 10.3. The van der Waals surface area contributed by atoms with Gasteiger partial charge in [0.2, 0.25) is 0 Å². The van der Waals surface area contributed by atoms with Crippen LogP contribution in [0.5, 0.6) is 0 Å². The first-order valence-corrected chi connectivity index (χ1v) is 4.16. The third kappa shape index (κ3) is 2.99. The molecule has 4 nitrogen and oxygen atoms in total. The number of rotatable bonds is 2.